The summed E-state index contributed by atoms with van der Waals surface area (Å²) in [7, 11) is -4.43. The van der Waals surface area contributed by atoms with Crippen LogP contribution in [0.3, 0.4) is 0 Å². The number of anilines is 1. The first-order chi connectivity index (χ1) is 9.70. The van der Waals surface area contributed by atoms with Crippen LogP contribution in [0.1, 0.15) is 6.92 Å². The molecular formula is C10H15F3N4O3S. The van der Waals surface area contributed by atoms with Gasteiger partial charge in [-0.2, -0.15) is 17.5 Å². The van der Waals surface area contributed by atoms with Gasteiger partial charge >= 0.3 is 6.18 Å². The zero-order valence-corrected chi connectivity index (χ0v) is 11.9. The molecule has 120 valence electrons. The van der Waals surface area contributed by atoms with Gasteiger partial charge in [-0.25, -0.2) is 18.4 Å². The van der Waals surface area contributed by atoms with Crippen molar-refractivity contribution in [2.75, 3.05) is 31.6 Å². The van der Waals surface area contributed by atoms with E-state index in [4.69, 9.17) is 5.11 Å². The normalized spacial score (nSPS) is 12.7. The van der Waals surface area contributed by atoms with Crippen molar-refractivity contribution < 1.29 is 26.7 Å². The van der Waals surface area contributed by atoms with Gasteiger partial charge < -0.3 is 10.4 Å². The minimum Gasteiger partial charge on any atom is -0.395 e. The molecule has 0 unspecified atom stereocenters. The Kier molecular flexibility index (Phi) is 5.87. The summed E-state index contributed by atoms with van der Waals surface area (Å²) >= 11 is 0. The highest BCUT2D eigenvalue weighted by Crippen LogP contribution is 2.22. The van der Waals surface area contributed by atoms with Gasteiger partial charge in [0.25, 0.3) is 0 Å². The average Bonchev–Trinajstić information content (AvgIpc) is 2.38. The third-order valence-electron chi connectivity index (χ3n) is 2.31. The predicted molar refractivity (Wildman–Crippen MR) is 68.1 cm³/mol. The Labute approximate surface area is 119 Å². The maximum Gasteiger partial charge on any atom is 0.402 e. The summed E-state index contributed by atoms with van der Waals surface area (Å²) in [5.41, 5.74) is 0. The molecule has 0 amide bonds. The largest absolute Gasteiger partial charge is 0.402 e. The van der Waals surface area contributed by atoms with Crippen molar-refractivity contribution in [2.45, 2.75) is 18.0 Å². The summed E-state index contributed by atoms with van der Waals surface area (Å²) < 4.78 is 61.5. The molecule has 0 aliphatic carbocycles. The summed E-state index contributed by atoms with van der Waals surface area (Å²) in [4.78, 5) is 6.93. The van der Waals surface area contributed by atoms with E-state index in [0.29, 0.717) is 6.54 Å². The van der Waals surface area contributed by atoms with Crippen LogP contribution >= 0.6 is 0 Å². The van der Waals surface area contributed by atoms with Gasteiger partial charge in [0.1, 0.15) is 11.4 Å². The number of hydrogen-bond acceptors (Lipinski definition) is 6. The number of halogens is 3. The number of aliphatic hydroxyl groups is 1. The standard InChI is InChI=1S/C10H15F3N4O3S/c1-2-14-9-15-5-8(6-16-9)21(19,20)17(3-4-18)7-10(11,12)13/h5-6,18H,2-4,7H2,1H3,(H,14,15,16). The zero-order valence-electron chi connectivity index (χ0n) is 11.1. The molecule has 7 nitrogen and oxygen atoms in total. The Bertz CT molecular complexity index is 548. The minimum atomic E-state index is -4.72. The monoisotopic (exact) mass is 328 g/mol. The fourth-order valence-corrected chi connectivity index (χ4v) is 2.75. The molecule has 21 heavy (non-hydrogen) atoms. The van der Waals surface area contributed by atoms with Gasteiger partial charge in [-0.3, -0.25) is 0 Å². The van der Waals surface area contributed by atoms with E-state index in [1.807, 2.05) is 0 Å². The number of rotatable bonds is 7. The maximum atomic E-state index is 12.4. The molecule has 1 heterocycles. The van der Waals surface area contributed by atoms with E-state index in [1.165, 1.54) is 0 Å². The van der Waals surface area contributed by atoms with Crippen LogP contribution in [-0.2, 0) is 10.0 Å². The summed E-state index contributed by atoms with van der Waals surface area (Å²) in [6.07, 6.45) is -2.88. The summed E-state index contributed by atoms with van der Waals surface area (Å²) in [5.74, 6) is 0.168. The lowest BCUT2D eigenvalue weighted by atomic mass is 10.6. The lowest BCUT2D eigenvalue weighted by Crippen LogP contribution is -2.40. The predicted octanol–water partition coefficient (Wildman–Crippen LogP) is 0.454. The van der Waals surface area contributed by atoms with E-state index in [2.05, 4.69) is 15.3 Å². The maximum absolute atomic E-state index is 12.4. The molecule has 0 fully saturated rings. The second kappa shape index (κ2) is 7.00. The lowest BCUT2D eigenvalue weighted by Gasteiger charge is -2.22. The van der Waals surface area contributed by atoms with Crippen LogP contribution in [-0.4, -0.2) is 60.2 Å². The molecule has 0 saturated carbocycles. The number of nitrogens with zero attached hydrogens (tertiary/aromatic N) is 3. The number of aromatic nitrogens is 2. The SMILES string of the molecule is CCNc1ncc(S(=O)(=O)N(CCO)CC(F)(F)F)cn1. The molecule has 0 atom stereocenters. The lowest BCUT2D eigenvalue weighted by molar-refractivity contribution is -0.136. The molecule has 0 aromatic carbocycles. The summed E-state index contributed by atoms with van der Waals surface area (Å²) in [6, 6.07) is 0. The Morgan fingerprint density at radius 1 is 1.33 bits per heavy atom. The molecule has 1 aromatic heterocycles. The summed E-state index contributed by atoms with van der Waals surface area (Å²) in [5, 5.41) is 11.5. The molecule has 2 N–H and O–H groups in total. The number of nitrogens with one attached hydrogen (secondary N) is 1. The van der Waals surface area contributed by atoms with E-state index in [0.717, 1.165) is 12.4 Å². The quantitative estimate of drug-likeness (QED) is 0.755. The fraction of sp³-hybridized carbons (Fsp3) is 0.600. The molecule has 0 bridgehead atoms. The highest BCUT2D eigenvalue weighted by atomic mass is 32.2. The van der Waals surface area contributed by atoms with Gasteiger partial charge in [-0.1, -0.05) is 0 Å². The van der Waals surface area contributed by atoms with Crippen LogP contribution in [0.2, 0.25) is 0 Å². The van der Waals surface area contributed by atoms with Crippen molar-refractivity contribution in [1.82, 2.24) is 14.3 Å². The highest BCUT2D eigenvalue weighted by molar-refractivity contribution is 7.89. The second-order valence-corrected chi connectivity index (χ2v) is 5.89. The molecule has 1 aromatic rings. The zero-order chi connectivity index (χ0) is 16.1. The molecule has 0 spiro atoms. The third-order valence-corrected chi connectivity index (χ3v) is 4.10. The van der Waals surface area contributed by atoms with Crippen molar-refractivity contribution in [3.8, 4) is 0 Å². The van der Waals surface area contributed by atoms with Crippen LogP contribution in [0.5, 0.6) is 0 Å². The van der Waals surface area contributed by atoms with E-state index in [-0.39, 0.29) is 10.3 Å². The number of sulfonamides is 1. The van der Waals surface area contributed by atoms with Gasteiger partial charge in [0, 0.05) is 13.1 Å². The van der Waals surface area contributed by atoms with Crippen LogP contribution in [0.4, 0.5) is 19.1 Å². The first-order valence-electron chi connectivity index (χ1n) is 5.94. The smallest absolute Gasteiger partial charge is 0.395 e. The molecule has 0 radical (unpaired) electrons. The number of hydrogen-bond donors (Lipinski definition) is 2. The topological polar surface area (TPSA) is 95.4 Å². The molecule has 0 saturated heterocycles. The van der Waals surface area contributed by atoms with Crippen LogP contribution in [0, 0.1) is 0 Å². The van der Waals surface area contributed by atoms with Crippen molar-refractivity contribution in [2.24, 2.45) is 0 Å². The van der Waals surface area contributed by atoms with Crippen LogP contribution in [0.15, 0.2) is 17.3 Å². The molecule has 0 aliphatic rings. The second-order valence-electron chi connectivity index (χ2n) is 3.95. The van der Waals surface area contributed by atoms with Crippen molar-refractivity contribution in [3.05, 3.63) is 12.4 Å². The van der Waals surface area contributed by atoms with E-state index in [1.54, 1.807) is 6.92 Å². The Morgan fingerprint density at radius 2 is 1.90 bits per heavy atom. The Morgan fingerprint density at radius 3 is 2.33 bits per heavy atom. The van der Waals surface area contributed by atoms with Gasteiger partial charge in [-0.05, 0) is 6.92 Å². The minimum absolute atomic E-state index is 0.138. The van der Waals surface area contributed by atoms with Crippen molar-refractivity contribution >= 4 is 16.0 Å². The first kappa shape index (κ1) is 17.6. The van der Waals surface area contributed by atoms with Gasteiger partial charge in [0.05, 0.1) is 19.0 Å². The van der Waals surface area contributed by atoms with Crippen molar-refractivity contribution in [3.63, 3.8) is 0 Å². The van der Waals surface area contributed by atoms with Gasteiger partial charge in [0.15, 0.2) is 0 Å². The van der Waals surface area contributed by atoms with Crippen molar-refractivity contribution in [1.29, 1.82) is 0 Å². The van der Waals surface area contributed by atoms with Gasteiger partial charge in [-0.15, -0.1) is 0 Å². The van der Waals surface area contributed by atoms with Gasteiger partial charge in [0.2, 0.25) is 16.0 Å². The van der Waals surface area contributed by atoms with Crippen LogP contribution in [0.25, 0.3) is 0 Å². The molecule has 1 rings (SSSR count). The van der Waals surface area contributed by atoms with E-state index in [9.17, 15) is 21.6 Å². The Hall–Kier alpha value is -1.46. The van der Waals surface area contributed by atoms with E-state index >= 15 is 0 Å². The van der Waals surface area contributed by atoms with Crippen LogP contribution < -0.4 is 5.32 Å². The average molecular weight is 328 g/mol. The molecule has 0 aliphatic heterocycles. The molecular weight excluding hydrogens is 313 g/mol. The molecule has 11 heteroatoms. The summed E-state index contributed by atoms with van der Waals surface area (Å²) in [6.45, 7) is -0.801. The number of aliphatic hydroxyl groups excluding tert-OH is 1. The highest BCUT2D eigenvalue weighted by Gasteiger charge is 2.37. The first-order valence-corrected chi connectivity index (χ1v) is 7.38. The van der Waals surface area contributed by atoms with E-state index < -0.39 is 40.8 Å². The Balaban J connectivity index is 3.04. The third kappa shape index (κ3) is 5.10. The fourth-order valence-electron chi connectivity index (χ4n) is 1.44. The number of alkyl halides is 3.